The molecule has 0 aliphatic carbocycles. The van der Waals surface area contributed by atoms with Gasteiger partial charge in [0.1, 0.15) is 5.82 Å². The van der Waals surface area contributed by atoms with E-state index in [1.165, 1.54) is 10.4 Å². The summed E-state index contributed by atoms with van der Waals surface area (Å²) in [5.41, 5.74) is 0.416. The van der Waals surface area contributed by atoms with Crippen LogP contribution in [-0.4, -0.2) is 38.2 Å². The molecule has 0 amide bonds. The van der Waals surface area contributed by atoms with Crippen LogP contribution in [-0.2, 0) is 14.8 Å². The van der Waals surface area contributed by atoms with Gasteiger partial charge < -0.3 is 4.74 Å². The second-order valence-electron chi connectivity index (χ2n) is 4.55. The zero-order chi connectivity index (χ0) is 13.9. The highest BCUT2D eigenvalue weighted by molar-refractivity contribution is 7.89. The summed E-state index contributed by atoms with van der Waals surface area (Å²) in [4.78, 5) is 0. The normalized spacial score (nSPS) is 21.5. The van der Waals surface area contributed by atoms with Crippen LogP contribution < -0.4 is 0 Å². The van der Waals surface area contributed by atoms with Crippen molar-refractivity contribution >= 4 is 10.0 Å². The Balaban J connectivity index is 2.16. The van der Waals surface area contributed by atoms with Gasteiger partial charge in [-0.15, -0.1) is 0 Å². The highest BCUT2D eigenvalue weighted by Gasteiger charge is 2.30. The molecule has 1 aliphatic rings. The number of rotatable bonds is 4. The van der Waals surface area contributed by atoms with Crippen molar-refractivity contribution in [3.8, 4) is 0 Å². The van der Waals surface area contributed by atoms with E-state index in [1.54, 1.807) is 18.2 Å². The zero-order valence-corrected chi connectivity index (χ0v) is 11.7. The van der Waals surface area contributed by atoms with Gasteiger partial charge in [-0.3, -0.25) is 0 Å². The van der Waals surface area contributed by atoms with E-state index >= 15 is 0 Å². The lowest BCUT2D eigenvalue weighted by Gasteiger charge is -2.32. The Kier molecular flexibility index (Phi) is 4.54. The Labute approximate surface area is 113 Å². The molecular weight excluding hydrogens is 269 g/mol. The van der Waals surface area contributed by atoms with Gasteiger partial charge in [0.2, 0.25) is 10.0 Å². The first-order chi connectivity index (χ1) is 9.04. The van der Waals surface area contributed by atoms with Crippen molar-refractivity contribution in [3.63, 3.8) is 0 Å². The lowest BCUT2D eigenvalue weighted by molar-refractivity contribution is -0.00441. The van der Waals surface area contributed by atoms with Crippen molar-refractivity contribution in [3.05, 3.63) is 35.6 Å². The molecule has 106 valence electrons. The van der Waals surface area contributed by atoms with Crippen LogP contribution in [0.3, 0.4) is 0 Å². The SMILES string of the molecule is CCCS(=O)(=O)N1CCOC(c2ccccc2F)C1. The molecule has 0 radical (unpaired) electrons. The molecular formula is C13H18FNO3S. The first-order valence-corrected chi connectivity index (χ1v) is 7.99. The summed E-state index contributed by atoms with van der Waals surface area (Å²) in [5, 5.41) is 0. The molecule has 2 rings (SSSR count). The van der Waals surface area contributed by atoms with Gasteiger partial charge in [0.25, 0.3) is 0 Å². The fourth-order valence-corrected chi connectivity index (χ4v) is 3.68. The van der Waals surface area contributed by atoms with Crippen LogP contribution in [0.2, 0.25) is 0 Å². The molecule has 1 saturated heterocycles. The van der Waals surface area contributed by atoms with Crippen LogP contribution in [0.15, 0.2) is 24.3 Å². The van der Waals surface area contributed by atoms with Crippen LogP contribution in [0.25, 0.3) is 0 Å². The quantitative estimate of drug-likeness (QED) is 0.850. The number of halogens is 1. The average Bonchev–Trinajstić information content (AvgIpc) is 2.39. The molecule has 0 saturated carbocycles. The van der Waals surface area contributed by atoms with Crippen molar-refractivity contribution < 1.29 is 17.5 Å². The lowest BCUT2D eigenvalue weighted by Crippen LogP contribution is -2.43. The van der Waals surface area contributed by atoms with E-state index in [9.17, 15) is 12.8 Å². The van der Waals surface area contributed by atoms with E-state index in [1.807, 2.05) is 6.92 Å². The number of benzene rings is 1. The molecule has 6 heteroatoms. The van der Waals surface area contributed by atoms with E-state index < -0.39 is 16.1 Å². The maximum atomic E-state index is 13.7. The summed E-state index contributed by atoms with van der Waals surface area (Å²) in [5.74, 6) is -0.237. The van der Waals surface area contributed by atoms with Crippen LogP contribution in [0.4, 0.5) is 4.39 Å². The number of morpholine rings is 1. The van der Waals surface area contributed by atoms with Gasteiger partial charge in [0.15, 0.2) is 0 Å². The molecule has 0 N–H and O–H groups in total. The number of hydrogen-bond donors (Lipinski definition) is 0. The Morgan fingerprint density at radius 3 is 2.84 bits per heavy atom. The zero-order valence-electron chi connectivity index (χ0n) is 10.9. The Morgan fingerprint density at radius 2 is 2.16 bits per heavy atom. The minimum atomic E-state index is -3.26. The van der Waals surface area contributed by atoms with E-state index in [0.717, 1.165) is 0 Å². The number of hydrogen-bond acceptors (Lipinski definition) is 3. The maximum Gasteiger partial charge on any atom is 0.214 e. The fourth-order valence-electron chi connectivity index (χ4n) is 2.19. The summed E-state index contributed by atoms with van der Waals surface area (Å²) >= 11 is 0. The molecule has 0 spiro atoms. The summed E-state index contributed by atoms with van der Waals surface area (Å²) in [6.07, 6.45) is 0.0472. The van der Waals surface area contributed by atoms with Crippen molar-refractivity contribution in [2.24, 2.45) is 0 Å². The fraction of sp³-hybridized carbons (Fsp3) is 0.538. The van der Waals surface area contributed by atoms with Crippen LogP contribution in [0, 0.1) is 5.82 Å². The summed E-state index contributed by atoms with van der Waals surface area (Å²) < 4.78 is 44.6. The standard InChI is InChI=1S/C13H18FNO3S/c1-2-9-19(16,17)15-7-8-18-13(10-15)11-5-3-4-6-12(11)14/h3-6,13H,2,7-10H2,1H3. The van der Waals surface area contributed by atoms with Gasteiger partial charge in [-0.05, 0) is 12.5 Å². The van der Waals surface area contributed by atoms with Gasteiger partial charge in [-0.25, -0.2) is 12.8 Å². The molecule has 1 heterocycles. The third-order valence-corrected chi connectivity index (χ3v) is 5.18. The van der Waals surface area contributed by atoms with Crippen molar-refractivity contribution in [2.45, 2.75) is 19.4 Å². The molecule has 0 bridgehead atoms. The van der Waals surface area contributed by atoms with E-state index in [4.69, 9.17) is 4.74 Å². The molecule has 1 aromatic rings. The summed E-state index contributed by atoms with van der Waals surface area (Å²) in [6, 6.07) is 6.32. The molecule has 1 unspecified atom stereocenters. The third-order valence-electron chi connectivity index (χ3n) is 3.14. The van der Waals surface area contributed by atoms with Gasteiger partial charge in [-0.1, -0.05) is 25.1 Å². The lowest BCUT2D eigenvalue weighted by atomic mass is 10.1. The molecule has 0 aromatic heterocycles. The summed E-state index contributed by atoms with van der Waals surface area (Å²) in [7, 11) is -3.26. The van der Waals surface area contributed by atoms with Gasteiger partial charge >= 0.3 is 0 Å². The van der Waals surface area contributed by atoms with Crippen molar-refractivity contribution in [2.75, 3.05) is 25.4 Å². The minimum Gasteiger partial charge on any atom is -0.371 e. The average molecular weight is 287 g/mol. The second-order valence-corrected chi connectivity index (χ2v) is 6.64. The third kappa shape index (κ3) is 3.32. The molecule has 19 heavy (non-hydrogen) atoms. The molecule has 1 atom stereocenters. The maximum absolute atomic E-state index is 13.7. The Morgan fingerprint density at radius 1 is 1.42 bits per heavy atom. The smallest absolute Gasteiger partial charge is 0.214 e. The second kappa shape index (κ2) is 5.98. The van der Waals surface area contributed by atoms with E-state index in [0.29, 0.717) is 25.1 Å². The van der Waals surface area contributed by atoms with Gasteiger partial charge in [0.05, 0.1) is 18.5 Å². The largest absolute Gasteiger partial charge is 0.371 e. The highest BCUT2D eigenvalue weighted by atomic mass is 32.2. The first-order valence-electron chi connectivity index (χ1n) is 6.38. The number of nitrogens with zero attached hydrogens (tertiary/aromatic N) is 1. The van der Waals surface area contributed by atoms with Crippen molar-refractivity contribution in [1.82, 2.24) is 4.31 Å². The van der Waals surface area contributed by atoms with E-state index in [2.05, 4.69) is 0 Å². The number of ether oxygens (including phenoxy) is 1. The number of sulfonamides is 1. The predicted octanol–water partition coefficient (Wildman–Crippen LogP) is 1.94. The Bertz CT molecular complexity index is 532. The monoisotopic (exact) mass is 287 g/mol. The molecule has 1 aromatic carbocycles. The van der Waals surface area contributed by atoms with Gasteiger partial charge in [0, 0.05) is 18.7 Å². The minimum absolute atomic E-state index is 0.122. The van der Waals surface area contributed by atoms with Crippen LogP contribution in [0.5, 0.6) is 0 Å². The molecule has 1 aliphatic heterocycles. The summed E-state index contributed by atoms with van der Waals surface area (Å²) in [6.45, 7) is 2.64. The van der Waals surface area contributed by atoms with Crippen LogP contribution in [0.1, 0.15) is 25.0 Å². The van der Waals surface area contributed by atoms with Crippen molar-refractivity contribution in [1.29, 1.82) is 0 Å². The molecule has 4 nitrogen and oxygen atoms in total. The van der Waals surface area contributed by atoms with Crippen LogP contribution >= 0.6 is 0 Å². The first kappa shape index (κ1) is 14.4. The highest BCUT2D eigenvalue weighted by Crippen LogP contribution is 2.25. The van der Waals surface area contributed by atoms with E-state index in [-0.39, 0.29) is 18.1 Å². The Hall–Kier alpha value is -0.980. The molecule has 1 fully saturated rings. The topological polar surface area (TPSA) is 46.6 Å². The van der Waals surface area contributed by atoms with Gasteiger partial charge in [-0.2, -0.15) is 4.31 Å². The predicted molar refractivity (Wildman–Crippen MR) is 70.7 cm³/mol.